The highest BCUT2D eigenvalue weighted by atomic mass is 35.5. The van der Waals surface area contributed by atoms with E-state index in [1.807, 2.05) is 37.3 Å². The number of carbonyl (C=O) groups is 1. The summed E-state index contributed by atoms with van der Waals surface area (Å²) in [6.45, 7) is 5.97. The fourth-order valence-electron chi connectivity index (χ4n) is 2.52. The maximum absolute atomic E-state index is 12.4. The van der Waals surface area contributed by atoms with Gasteiger partial charge in [-0.3, -0.25) is 4.79 Å². The summed E-state index contributed by atoms with van der Waals surface area (Å²) in [6.07, 6.45) is 0.254. The largest absolute Gasteiger partial charge is 0.393 e. The average Bonchev–Trinajstić information content (AvgIpc) is 2.80. The number of carbonyl (C=O) groups excluding carboxylic acids is 1. The molecule has 2 atom stereocenters. The molecule has 0 aliphatic rings. The minimum atomic E-state index is -0.381. The van der Waals surface area contributed by atoms with E-state index in [0.717, 1.165) is 5.69 Å². The summed E-state index contributed by atoms with van der Waals surface area (Å²) < 4.78 is 1.56. The number of aliphatic hydroxyl groups is 1. The van der Waals surface area contributed by atoms with E-state index in [1.54, 1.807) is 18.5 Å². The van der Waals surface area contributed by atoms with Crippen molar-refractivity contribution in [1.82, 2.24) is 15.1 Å². The molecule has 2 rings (SSSR count). The van der Waals surface area contributed by atoms with Crippen LogP contribution >= 0.6 is 11.6 Å². The van der Waals surface area contributed by atoms with Crippen LogP contribution in [-0.4, -0.2) is 33.4 Å². The van der Waals surface area contributed by atoms with Crippen molar-refractivity contribution in [2.75, 3.05) is 6.54 Å². The van der Waals surface area contributed by atoms with Crippen molar-refractivity contribution in [3.05, 3.63) is 46.7 Å². The Morgan fingerprint density at radius 1 is 1.35 bits per heavy atom. The molecule has 0 radical (unpaired) electrons. The first-order chi connectivity index (χ1) is 10.9. The van der Waals surface area contributed by atoms with Crippen LogP contribution in [0.3, 0.4) is 0 Å². The van der Waals surface area contributed by atoms with Gasteiger partial charge < -0.3 is 10.4 Å². The molecule has 0 saturated carbocycles. The molecule has 1 aromatic heterocycles. The van der Waals surface area contributed by atoms with E-state index in [-0.39, 0.29) is 17.9 Å². The second-order valence-corrected chi connectivity index (χ2v) is 6.26. The summed E-state index contributed by atoms with van der Waals surface area (Å²) in [5.74, 6) is -0.0608. The van der Waals surface area contributed by atoms with E-state index in [1.165, 1.54) is 0 Å². The fourth-order valence-corrected chi connectivity index (χ4v) is 2.88. The predicted molar refractivity (Wildman–Crippen MR) is 91.1 cm³/mol. The van der Waals surface area contributed by atoms with Crippen LogP contribution in [0.5, 0.6) is 0 Å². The Morgan fingerprint density at radius 3 is 2.61 bits per heavy atom. The van der Waals surface area contributed by atoms with Gasteiger partial charge in [0.2, 0.25) is 0 Å². The number of hydrogen-bond acceptors (Lipinski definition) is 3. The zero-order valence-corrected chi connectivity index (χ0v) is 14.3. The standard InChI is InChI=1S/C17H22ClN3O2/c1-11(9-12(2)22)10-19-17(23)15-13(3)20-21(16(15)18)14-7-5-4-6-8-14/h4-8,11-12,22H,9-10H2,1-3H3,(H,19,23). The van der Waals surface area contributed by atoms with E-state index >= 15 is 0 Å². The molecule has 6 heteroatoms. The van der Waals surface area contributed by atoms with Crippen LogP contribution in [-0.2, 0) is 0 Å². The SMILES string of the molecule is Cc1nn(-c2ccccc2)c(Cl)c1C(=O)NCC(C)CC(C)O. The Morgan fingerprint density at radius 2 is 2.00 bits per heavy atom. The molecule has 5 nitrogen and oxygen atoms in total. The van der Waals surface area contributed by atoms with E-state index in [2.05, 4.69) is 10.4 Å². The summed E-state index contributed by atoms with van der Waals surface area (Å²) in [4.78, 5) is 12.4. The number of aryl methyl sites for hydroxylation is 1. The number of para-hydroxylation sites is 1. The van der Waals surface area contributed by atoms with Crippen LogP contribution in [0.25, 0.3) is 5.69 Å². The van der Waals surface area contributed by atoms with Gasteiger partial charge in [-0.05, 0) is 38.3 Å². The highest BCUT2D eigenvalue weighted by Crippen LogP contribution is 2.23. The number of aromatic nitrogens is 2. The lowest BCUT2D eigenvalue weighted by atomic mass is 10.0. The number of benzene rings is 1. The molecule has 0 bridgehead atoms. The molecule has 0 fully saturated rings. The van der Waals surface area contributed by atoms with Gasteiger partial charge in [-0.15, -0.1) is 0 Å². The summed E-state index contributed by atoms with van der Waals surface area (Å²) in [7, 11) is 0. The van der Waals surface area contributed by atoms with Crippen LogP contribution in [0.1, 0.15) is 36.3 Å². The monoisotopic (exact) mass is 335 g/mol. The first kappa shape index (κ1) is 17.5. The normalized spacial score (nSPS) is 13.6. The third kappa shape index (κ3) is 4.33. The van der Waals surface area contributed by atoms with Crippen molar-refractivity contribution in [1.29, 1.82) is 0 Å². The number of halogens is 1. The Balaban J connectivity index is 2.14. The summed E-state index contributed by atoms with van der Waals surface area (Å²) in [5.41, 5.74) is 1.78. The molecule has 1 amide bonds. The van der Waals surface area contributed by atoms with Gasteiger partial charge in [0.05, 0.1) is 23.0 Å². The Labute approximate surface area is 141 Å². The van der Waals surface area contributed by atoms with Gasteiger partial charge >= 0.3 is 0 Å². The molecule has 0 aliphatic heterocycles. The van der Waals surface area contributed by atoms with E-state index in [0.29, 0.717) is 29.4 Å². The van der Waals surface area contributed by atoms with Crippen LogP contribution in [0.2, 0.25) is 5.15 Å². The Hall–Kier alpha value is -1.85. The van der Waals surface area contributed by atoms with Crippen molar-refractivity contribution in [2.24, 2.45) is 5.92 Å². The number of hydrogen-bond donors (Lipinski definition) is 2. The Bertz CT molecular complexity index is 668. The fraction of sp³-hybridized carbons (Fsp3) is 0.412. The molecule has 124 valence electrons. The van der Waals surface area contributed by atoms with Crippen molar-refractivity contribution in [3.63, 3.8) is 0 Å². The van der Waals surface area contributed by atoms with E-state index in [9.17, 15) is 9.90 Å². The Kier molecular flexibility index (Phi) is 5.80. The predicted octanol–water partition coefficient (Wildman–Crippen LogP) is 2.97. The first-order valence-electron chi connectivity index (χ1n) is 7.67. The van der Waals surface area contributed by atoms with Gasteiger partial charge in [0.15, 0.2) is 0 Å². The number of rotatable bonds is 6. The lowest BCUT2D eigenvalue weighted by Gasteiger charge is -2.14. The molecule has 2 N–H and O–H groups in total. The number of nitrogens with zero attached hydrogens (tertiary/aromatic N) is 2. The van der Waals surface area contributed by atoms with Crippen molar-refractivity contribution >= 4 is 17.5 Å². The summed E-state index contributed by atoms with van der Waals surface area (Å²) >= 11 is 6.36. The zero-order valence-electron chi connectivity index (χ0n) is 13.6. The first-order valence-corrected chi connectivity index (χ1v) is 8.04. The molecular weight excluding hydrogens is 314 g/mol. The summed E-state index contributed by atoms with van der Waals surface area (Å²) in [5, 5.41) is 16.9. The molecule has 23 heavy (non-hydrogen) atoms. The number of nitrogens with one attached hydrogen (secondary N) is 1. The van der Waals surface area contributed by atoms with Gasteiger partial charge in [0.25, 0.3) is 5.91 Å². The molecule has 1 aromatic carbocycles. The van der Waals surface area contributed by atoms with E-state index < -0.39 is 0 Å². The third-order valence-electron chi connectivity index (χ3n) is 3.59. The topological polar surface area (TPSA) is 67.2 Å². The maximum atomic E-state index is 12.4. The molecular formula is C17H22ClN3O2. The molecule has 0 saturated heterocycles. The van der Waals surface area contributed by atoms with E-state index in [4.69, 9.17) is 11.6 Å². The quantitative estimate of drug-likeness (QED) is 0.852. The van der Waals surface area contributed by atoms with Gasteiger partial charge in [-0.2, -0.15) is 5.10 Å². The van der Waals surface area contributed by atoms with Crippen LogP contribution in [0.15, 0.2) is 30.3 Å². The third-order valence-corrected chi connectivity index (χ3v) is 3.94. The number of aliphatic hydroxyl groups excluding tert-OH is 1. The van der Waals surface area contributed by atoms with Crippen LogP contribution < -0.4 is 5.32 Å². The van der Waals surface area contributed by atoms with Crippen LogP contribution in [0.4, 0.5) is 0 Å². The smallest absolute Gasteiger partial charge is 0.256 e. The van der Waals surface area contributed by atoms with Crippen LogP contribution in [0, 0.1) is 12.8 Å². The average molecular weight is 336 g/mol. The molecule has 1 heterocycles. The lowest BCUT2D eigenvalue weighted by molar-refractivity contribution is 0.0939. The van der Waals surface area contributed by atoms with Gasteiger partial charge in [0.1, 0.15) is 5.15 Å². The van der Waals surface area contributed by atoms with Crippen molar-refractivity contribution in [2.45, 2.75) is 33.3 Å². The minimum absolute atomic E-state index is 0.183. The van der Waals surface area contributed by atoms with Crippen molar-refractivity contribution < 1.29 is 9.90 Å². The second kappa shape index (κ2) is 7.62. The lowest BCUT2D eigenvalue weighted by Crippen LogP contribution is -2.30. The molecule has 0 spiro atoms. The van der Waals surface area contributed by atoms with Crippen molar-refractivity contribution in [3.8, 4) is 5.69 Å². The minimum Gasteiger partial charge on any atom is -0.393 e. The number of amides is 1. The van der Waals surface area contributed by atoms with Gasteiger partial charge in [-0.25, -0.2) is 4.68 Å². The van der Waals surface area contributed by atoms with Gasteiger partial charge in [0, 0.05) is 6.54 Å². The van der Waals surface area contributed by atoms with Gasteiger partial charge in [-0.1, -0.05) is 36.7 Å². The molecule has 2 unspecified atom stereocenters. The highest BCUT2D eigenvalue weighted by molar-refractivity contribution is 6.33. The molecule has 0 aliphatic carbocycles. The highest BCUT2D eigenvalue weighted by Gasteiger charge is 2.21. The second-order valence-electron chi connectivity index (χ2n) is 5.90. The zero-order chi connectivity index (χ0) is 17.0. The summed E-state index contributed by atoms with van der Waals surface area (Å²) in [6, 6.07) is 9.45. The maximum Gasteiger partial charge on any atom is 0.256 e. The molecule has 2 aromatic rings.